The van der Waals surface area contributed by atoms with Crippen LogP contribution in [0.15, 0.2) is 18.2 Å². The number of hydrogen-bond acceptors (Lipinski definition) is 5. The maximum Gasteiger partial charge on any atom is 0.770 e. The number of halogens is 6. The van der Waals surface area contributed by atoms with Crippen LogP contribution in [-0.2, 0) is 31.7 Å². The average molecular weight is 390 g/mol. The first-order valence-corrected chi connectivity index (χ1v) is 7.40. The standard InChI is InChI=1S/C14H17BF6O5/c1-8(2)23-25-15(26-24-9(3)4)22-12-7-10(13(16,17)18)5-6-11(12)14(19,20)21/h5-9H,1-4H3. The molecule has 0 fully saturated rings. The zero-order chi connectivity index (χ0) is 20.1. The molecule has 0 aliphatic heterocycles. The largest absolute Gasteiger partial charge is 0.770 e. The van der Waals surface area contributed by atoms with Crippen molar-refractivity contribution >= 4 is 7.32 Å². The number of benzene rings is 1. The Morgan fingerprint density at radius 1 is 0.808 bits per heavy atom. The van der Waals surface area contributed by atoms with E-state index < -0.39 is 48.8 Å². The molecule has 148 valence electrons. The van der Waals surface area contributed by atoms with E-state index in [9.17, 15) is 26.3 Å². The summed E-state index contributed by atoms with van der Waals surface area (Å²) in [6.07, 6.45) is -10.9. The quantitative estimate of drug-likeness (QED) is 0.276. The van der Waals surface area contributed by atoms with Crippen LogP contribution in [0.4, 0.5) is 26.3 Å². The molecule has 0 atom stereocenters. The minimum absolute atomic E-state index is 0.188. The Morgan fingerprint density at radius 2 is 1.31 bits per heavy atom. The SMILES string of the molecule is CC(C)OOB(OOC(C)C)Oc1cc(C(F)(F)F)ccc1C(F)(F)F. The van der Waals surface area contributed by atoms with E-state index in [4.69, 9.17) is 14.4 Å². The van der Waals surface area contributed by atoms with Gasteiger partial charge in [0.1, 0.15) is 5.75 Å². The molecule has 0 saturated heterocycles. The van der Waals surface area contributed by atoms with E-state index in [0.29, 0.717) is 6.07 Å². The molecule has 0 aliphatic rings. The van der Waals surface area contributed by atoms with E-state index in [0.717, 1.165) is 0 Å². The van der Waals surface area contributed by atoms with E-state index >= 15 is 0 Å². The molecular weight excluding hydrogens is 373 g/mol. The fourth-order valence-corrected chi connectivity index (χ4v) is 1.50. The minimum atomic E-state index is -4.97. The Labute approximate surface area is 146 Å². The second-order valence-electron chi connectivity index (χ2n) is 5.60. The van der Waals surface area contributed by atoms with Gasteiger partial charge in [0.15, 0.2) is 0 Å². The summed E-state index contributed by atoms with van der Waals surface area (Å²) in [5.74, 6) is -1.16. The summed E-state index contributed by atoms with van der Waals surface area (Å²) in [6.45, 7) is 6.13. The summed E-state index contributed by atoms with van der Waals surface area (Å²) >= 11 is 0. The van der Waals surface area contributed by atoms with E-state index in [1.54, 1.807) is 0 Å². The molecule has 26 heavy (non-hydrogen) atoms. The maximum absolute atomic E-state index is 13.0. The smallest absolute Gasteiger partial charge is 0.508 e. The third-order valence-electron chi connectivity index (χ3n) is 2.49. The van der Waals surface area contributed by atoms with Crippen molar-refractivity contribution in [3.05, 3.63) is 29.3 Å². The molecule has 0 saturated carbocycles. The summed E-state index contributed by atoms with van der Waals surface area (Å²) in [5, 5.41) is 0. The minimum Gasteiger partial charge on any atom is -0.508 e. The maximum atomic E-state index is 13.0. The lowest BCUT2D eigenvalue weighted by molar-refractivity contribution is -0.318. The zero-order valence-electron chi connectivity index (χ0n) is 14.3. The van der Waals surface area contributed by atoms with Crippen LogP contribution in [0.2, 0.25) is 0 Å². The molecule has 1 aromatic carbocycles. The summed E-state index contributed by atoms with van der Waals surface area (Å²) in [4.78, 5) is 18.7. The highest BCUT2D eigenvalue weighted by molar-refractivity contribution is 6.36. The third-order valence-corrected chi connectivity index (χ3v) is 2.49. The molecule has 12 heteroatoms. The van der Waals surface area contributed by atoms with Crippen LogP contribution < -0.4 is 4.65 Å². The molecule has 0 heterocycles. The van der Waals surface area contributed by atoms with Crippen LogP contribution in [0.25, 0.3) is 0 Å². The van der Waals surface area contributed by atoms with Crippen LogP contribution in [0.5, 0.6) is 5.75 Å². The average Bonchev–Trinajstić information content (AvgIpc) is 2.47. The molecule has 5 nitrogen and oxygen atoms in total. The predicted octanol–water partition coefficient (Wildman–Crippen LogP) is 4.80. The third kappa shape index (κ3) is 7.40. The highest BCUT2D eigenvalue weighted by Gasteiger charge is 2.40. The Hall–Kier alpha value is -1.50. The van der Waals surface area contributed by atoms with Gasteiger partial charge in [0, 0.05) is 0 Å². The highest BCUT2D eigenvalue weighted by Crippen LogP contribution is 2.40. The predicted molar refractivity (Wildman–Crippen MR) is 77.4 cm³/mol. The van der Waals surface area contributed by atoms with Crippen molar-refractivity contribution in [1.82, 2.24) is 0 Å². The first-order chi connectivity index (χ1) is 11.8. The van der Waals surface area contributed by atoms with Gasteiger partial charge >= 0.3 is 19.7 Å². The van der Waals surface area contributed by atoms with E-state index in [1.165, 1.54) is 27.7 Å². The van der Waals surface area contributed by atoms with Crippen molar-refractivity contribution in [3.8, 4) is 5.75 Å². The van der Waals surface area contributed by atoms with Crippen LogP contribution in [0, 0.1) is 0 Å². The second kappa shape index (κ2) is 8.93. The fourth-order valence-electron chi connectivity index (χ4n) is 1.50. The topological polar surface area (TPSA) is 46.2 Å². The molecule has 1 aromatic rings. The van der Waals surface area contributed by atoms with Crippen molar-refractivity contribution in [2.24, 2.45) is 0 Å². The first kappa shape index (κ1) is 22.5. The lowest BCUT2D eigenvalue weighted by Crippen LogP contribution is -2.33. The van der Waals surface area contributed by atoms with Crippen molar-refractivity contribution in [2.75, 3.05) is 0 Å². The lowest BCUT2D eigenvalue weighted by atomic mass is 10.1. The van der Waals surface area contributed by atoms with Crippen molar-refractivity contribution in [2.45, 2.75) is 52.3 Å². The summed E-state index contributed by atoms with van der Waals surface area (Å²) in [7, 11) is -2.00. The van der Waals surface area contributed by atoms with Crippen LogP contribution in [0.1, 0.15) is 38.8 Å². The number of rotatable bonds is 8. The second-order valence-corrected chi connectivity index (χ2v) is 5.60. The van der Waals surface area contributed by atoms with Gasteiger partial charge in [-0.15, -0.1) is 0 Å². The Bertz CT molecular complexity index is 564. The zero-order valence-corrected chi connectivity index (χ0v) is 14.3. The Kier molecular flexibility index (Phi) is 7.75. The Balaban J connectivity index is 3.16. The normalized spacial score (nSPS) is 12.8. The Morgan fingerprint density at radius 3 is 1.69 bits per heavy atom. The van der Waals surface area contributed by atoms with Crippen molar-refractivity contribution in [1.29, 1.82) is 0 Å². The molecule has 0 amide bonds. The number of alkyl halides is 6. The van der Waals surface area contributed by atoms with Gasteiger partial charge in [0.2, 0.25) is 0 Å². The monoisotopic (exact) mass is 390 g/mol. The van der Waals surface area contributed by atoms with Gasteiger partial charge in [-0.3, -0.25) is 0 Å². The number of hydrogen-bond donors (Lipinski definition) is 0. The molecule has 0 aromatic heterocycles. The van der Waals surface area contributed by atoms with Crippen molar-refractivity contribution < 1.29 is 50.4 Å². The van der Waals surface area contributed by atoms with Gasteiger partial charge in [0.25, 0.3) is 0 Å². The molecule has 0 radical (unpaired) electrons. The van der Waals surface area contributed by atoms with Crippen molar-refractivity contribution in [3.63, 3.8) is 0 Å². The first-order valence-electron chi connectivity index (χ1n) is 7.40. The molecule has 0 spiro atoms. The van der Waals surface area contributed by atoms with Crippen LogP contribution in [0.3, 0.4) is 0 Å². The lowest BCUT2D eigenvalue weighted by Gasteiger charge is -2.20. The summed E-state index contributed by atoms with van der Waals surface area (Å²) in [5.41, 5.74) is -2.79. The molecule has 1 rings (SSSR count). The summed E-state index contributed by atoms with van der Waals surface area (Å²) in [6, 6.07) is 0.733. The van der Waals surface area contributed by atoms with Gasteiger partial charge in [-0.1, -0.05) is 0 Å². The highest BCUT2D eigenvalue weighted by atomic mass is 19.4. The van der Waals surface area contributed by atoms with E-state index in [2.05, 4.69) is 9.61 Å². The van der Waals surface area contributed by atoms with E-state index in [-0.39, 0.29) is 12.1 Å². The molecule has 0 aliphatic carbocycles. The van der Waals surface area contributed by atoms with Gasteiger partial charge < -0.3 is 4.65 Å². The molecule has 0 bridgehead atoms. The van der Waals surface area contributed by atoms with Gasteiger partial charge in [-0.2, -0.15) is 26.3 Å². The summed E-state index contributed by atoms with van der Waals surface area (Å²) < 4.78 is 82.3. The van der Waals surface area contributed by atoms with Gasteiger partial charge in [-0.25, -0.2) is 19.4 Å². The van der Waals surface area contributed by atoms with Gasteiger partial charge in [-0.05, 0) is 45.9 Å². The molecular formula is C14H17BF6O5. The molecule has 0 N–H and O–H groups in total. The van der Waals surface area contributed by atoms with Crippen LogP contribution >= 0.6 is 0 Å². The van der Waals surface area contributed by atoms with Gasteiger partial charge in [0.05, 0.1) is 23.3 Å². The van der Waals surface area contributed by atoms with Crippen LogP contribution in [-0.4, -0.2) is 19.5 Å². The fraction of sp³-hybridized carbons (Fsp3) is 0.571. The molecule has 0 unspecified atom stereocenters. The van der Waals surface area contributed by atoms with E-state index in [1.807, 2.05) is 0 Å².